The molecule has 0 unspecified atom stereocenters. The summed E-state index contributed by atoms with van der Waals surface area (Å²) in [7, 11) is 0. The van der Waals surface area contributed by atoms with Gasteiger partial charge in [0.05, 0.1) is 0 Å². The van der Waals surface area contributed by atoms with Crippen LogP contribution in [0.25, 0.3) is 0 Å². The van der Waals surface area contributed by atoms with Crippen LogP contribution in [0.3, 0.4) is 0 Å². The minimum absolute atomic E-state index is 0.0140. The average molecular weight is 433 g/mol. The molecule has 1 aliphatic heterocycles. The van der Waals surface area contributed by atoms with E-state index in [1.807, 2.05) is 62.9 Å². The summed E-state index contributed by atoms with van der Waals surface area (Å²) in [5.41, 5.74) is 0.197. The normalized spacial score (nSPS) is 18.6. The highest BCUT2D eigenvalue weighted by Gasteiger charge is 2.45. The van der Waals surface area contributed by atoms with Crippen LogP contribution >= 0.6 is 0 Å². The fourth-order valence-electron chi connectivity index (χ4n) is 4.77. The van der Waals surface area contributed by atoms with E-state index in [1.54, 1.807) is 4.90 Å². The van der Waals surface area contributed by atoms with E-state index in [1.165, 1.54) is 0 Å². The Hall–Kier alpha value is -2.24. The molecule has 1 fully saturated rings. The van der Waals surface area contributed by atoms with Gasteiger partial charge in [-0.3, -0.25) is 4.90 Å². The first kappa shape index (κ1) is 25.0. The van der Waals surface area contributed by atoms with Crippen molar-refractivity contribution in [2.45, 2.75) is 104 Å². The molecule has 31 heavy (non-hydrogen) atoms. The zero-order valence-electron chi connectivity index (χ0n) is 20.5. The minimum Gasteiger partial charge on any atom is -0.445 e. The summed E-state index contributed by atoms with van der Waals surface area (Å²) in [5, 5.41) is 0. The van der Waals surface area contributed by atoms with Crippen molar-refractivity contribution in [3.63, 3.8) is 0 Å². The number of ether oxygens (including phenoxy) is 2. The first-order valence-electron chi connectivity index (χ1n) is 11.4. The molecule has 0 bridgehead atoms. The number of likely N-dealkylation sites (tertiary alicyclic amines) is 1. The Morgan fingerprint density at radius 3 is 1.97 bits per heavy atom. The van der Waals surface area contributed by atoms with E-state index in [0.29, 0.717) is 0 Å². The van der Waals surface area contributed by atoms with E-state index in [-0.39, 0.29) is 35.9 Å². The number of piperidine rings is 1. The molecule has 0 N–H and O–H groups in total. The quantitative estimate of drug-likeness (QED) is 0.540. The van der Waals surface area contributed by atoms with Crippen LogP contribution < -0.4 is 0 Å². The van der Waals surface area contributed by atoms with Gasteiger partial charge >= 0.3 is 12.2 Å². The molecule has 0 aromatic heterocycles. The lowest BCUT2D eigenvalue weighted by atomic mass is 9.80. The zero-order valence-corrected chi connectivity index (χ0v) is 20.5. The molecule has 1 aromatic carbocycles. The first-order valence-corrected chi connectivity index (χ1v) is 11.4. The second kappa shape index (κ2) is 9.92. The molecule has 1 aliphatic rings. The van der Waals surface area contributed by atoms with E-state index in [0.717, 1.165) is 24.8 Å². The van der Waals surface area contributed by atoms with Crippen molar-refractivity contribution < 1.29 is 19.1 Å². The molecule has 6 nitrogen and oxygen atoms in total. The summed E-state index contributed by atoms with van der Waals surface area (Å²) in [5.74, 6) is 0. The van der Waals surface area contributed by atoms with Gasteiger partial charge in [-0.25, -0.2) is 9.59 Å². The number of nitrogens with zero attached hydrogens (tertiary/aromatic N) is 2. The summed E-state index contributed by atoms with van der Waals surface area (Å²) in [4.78, 5) is 29.6. The van der Waals surface area contributed by atoms with E-state index >= 15 is 0 Å². The first-order chi connectivity index (χ1) is 14.4. The van der Waals surface area contributed by atoms with Crippen LogP contribution in [0.2, 0.25) is 0 Å². The molecule has 0 spiro atoms. The Balaban J connectivity index is 2.21. The lowest BCUT2D eigenvalue weighted by Crippen LogP contribution is -2.61. The third-order valence-corrected chi connectivity index (χ3v) is 6.07. The van der Waals surface area contributed by atoms with Crippen LogP contribution in [0.1, 0.15) is 86.3 Å². The topological polar surface area (TPSA) is 59.1 Å². The van der Waals surface area contributed by atoms with E-state index in [2.05, 4.69) is 27.7 Å². The van der Waals surface area contributed by atoms with Crippen LogP contribution in [0, 0.1) is 0 Å². The summed E-state index contributed by atoms with van der Waals surface area (Å²) >= 11 is 0. The zero-order chi connectivity index (χ0) is 23.4. The SMILES string of the molecule is CC(C)N(C(=O)OC[C@@H](OC(=O)N1C(C)(C)CCCC1(C)C)c1ccccc1)C(C)C. The largest absolute Gasteiger partial charge is 0.445 e. The van der Waals surface area contributed by atoms with Crippen molar-refractivity contribution in [1.29, 1.82) is 0 Å². The van der Waals surface area contributed by atoms with Crippen LogP contribution in [0.15, 0.2) is 30.3 Å². The molecule has 2 rings (SSSR count). The number of benzene rings is 1. The molecule has 0 aliphatic carbocycles. The number of amides is 2. The van der Waals surface area contributed by atoms with Crippen molar-refractivity contribution in [1.82, 2.24) is 9.80 Å². The summed E-state index contributed by atoms with van der Waals surface area (Å²) in [6, 6.07) is 9.50. The molecule has 6 heteroatoms. The lowest BCUT2D eigenvalue weighted by molar-refractivity contribution is -0.0483. The van der Waals surface area contributed by atoms with Gasteiger partial charge in [-0.2, -0.15) is 0 Å². The van der Waals surface area contributed by atoms with Crippen LogP contribution in [0.4, 0.5) is 9.59 Å². The highest BCUT2D eigenvalue weighted by Crippen LogP contribution is 2.39. The molecule has 1 aromatic rings. The fourth-order valence-corrected chi connectivity index (χ4v) is 4.77. The molecule has 2 amide bonds. The molecular weight excluding hydrogens is 392 g/mol. The van der Waals surface area contributed by atoms with E-state index < -0.39 is 12.2 Å². The van der Waals surface area contributed by atoms with Crippen molar-refractivity contribution in [2.75, 3.05) is 6.61 Å². The Morgan fingerprint density at radius 1 is 0.968 bits per heavy atom. The van der Waals surface area contributed by atoms with Gasteiger partial charge in [0, 0.05) is 23.2 Å². The molecule has 1 atom stereocenters. The van der Waals surface area contributed by atoms with Gasteiger partial charge in [0.25, 0.3) is 0 Å². The predicted molar refractivity (Wildman–Crippen MR) is 123 cm³/mol. The average Bonchev–Trinajstić information content (AvgIpc) is 2.63. The molecule has 1 heterocycles. The van der Waals surface area contributed by atoms with Gasteiger partial charge in [-0.1, -0.05) is 30.3 Å². The molecular formula is C25H40N2O4. The number of rotatable bonds is 6. The third-order valence-electron chi connectivity index (χ3n) is 6.07. The lowest BCUT2D eigenvalue weighted by Gasteiger charge is -2.52. The maximum absolute atomic E-state index is 13.4. The third kappa shape index (κ3) is 6.14. The highest BCUT2D eigenvalue weighted by molar-refractivity contribution is 5.71. The molecule has 174 valence electrons. The second-order valence-electron chi connectivity index (χ2n) is 10.3. The summed E-state index contributed by atoms with van der Waals surface area (Å²) in [6.07, 6.45) is 1.48. The monoisotopic (exact) mass is 432 g/mol. The van der Waals surface area contributed by atoms with Gasteiger partial charge in [-0.05, 0) is 80.2 Å². The second-order valence-corrected chi connectivity index (χ2v) is 10.3. The number of carbonyl (C=O) groups is 2. The number of hydrogen-bond acceptors (Lipinski definition) is 4. The van der Waals surface area contributed by atoms with E-state index in [4.69, 9.17) is 9.47 Å². The predicted octanol–water partition coefficient (Wildman–Crippen LogP) is 6.16. The summed E-state index contributed by atoms with van der Waals surface area (Å²) < 4.78 is 11.6. The number of hydrogen-bond donors (Lipinski definition) is 0. The van der Waals surface area contributed by atoms with E-state index in [9.17, 15) is 9.59 Å². The maximum Gasteiger partial charge on any atom is 0.411 e. The Kier molecular flexibility index (Phi) is 8.01. The van der Waals surface area contributed by atoms with Crippen LogP contribution in [-0.4, -0.2) is 51.8 Å². The van der Waals surface area contributed by atoms with Crippen LogP contribution in [-0.2, 0) is 9.47 Å². The smallest absolute Gasteiger partial charge is 0.411 e. The van der Waals surface area contributed by atoms with Gasteiger partial charge in [0.2, 0.25) is 0 Å². The number of carbonyl (C=O) groups excluding carboxylic acids is 2. The van der Waals surface area contributed by atoms with Crippen LogP contribution in [0.5, 0.6) is 0 Å². The molecule has 1 saturated heterocycles. The maximum atomic E-state index is 13.4. The van der Waals surface area contributed by atoms with Crippen molar-refractivity contribution in [3.8, 4) is 0 Å². The van der Waals surface area contributed by atoms with Gasteiger partial charge in [0.1, 0.15) is 6.61 Å². The Morgan fingerprint density at radius 2 is 1.48 bits per heavy atom. The minimum atomic E-state index is -0.674. The van der Waals surface area contributed by atoms with Crippen molar-refractivity contribution >= 4 is 12.2 Å². The van der Waals surface area contributed by atoms with Gasteiger partial charge in [0.15, 0.2) is 6.10 Å². The standard InChI is InChI=1S/C25H40N2O4/c1-18(2)26(19(3)4)22(28)30-17-21(20-13-10-9-11-14-20)31-23(29)27-24(5,6)15-12-16-25(27,7)8/h9-11,13-14,18-19,21H,12,15-17H2,1-8H3/t21-/m1/s1. The summed E-state index contributed by atoms with van der Waals surface area (Å²) in [6.45, 7) is 16.1. The highest BCUT2D eigenvalue weighted by atomic mass is 16.6. The fraction of sp³-hybridized carbons (Fsp3) is 0.680. The van der Waals surface area contributed by atoms with Gasteiger partial charge < -0.3 is 14.4 Å². The molecule has 0 saturated carbocycles. The molecule has 0 radical (unpaired) electrons. The van der Waals surface area contributed by atoms with Crippen molar-refractivity contribution in [3.05, 3.63) is 35.9 Å². The Bertz CT molecular complexity index is 719. The van der Waals surface area contributed by atoms with Gasteiger partial charge in [-0.15, -0.1) is 0 Å². The Labute approximate surface area is 187 Å². The van der Waals surface area contributed by atoms with Crippen molar-refractivity contribution in [2.24, 2.45) is 0 Å².